The number of nitrogens with zero attached hydrogens (tertiary/aromatic N) is 4. The Kier molecular flexibility index (Phi) is 10.3. The quantitative estimate of drug-likeness (QED) is 0.0872. The highest BCUT2D eigenvalue weighted by atomic mass is 32.2. The van der Waals surface area contributed by atoms with Crippen molar-refractivity contribution in [3.05, 3.63) is 86.0 Å². The fraction of sp³-hybridized carbons (Fsp3) is 0.323. The zero-order valence-corrected chi connectivity index (χ0v) is 27.0. The Morgan fingerprint density at radius 1 is 1.11 bits per heavy atom. The summed E-state index contributed by atoms with van der Waals surface area (Å²) in [5.41, 5.74) is 2.12. The summed E-state index contributed by atoms with van der Waals surface area (Å²) in [6.07, 6.45) is 3.64. The number of esters is 1. The van der Waals surface area contributed by atoms with Gasteiger partial charge in [-0.05, 0) is 69.4 Å². The number of aryl methyl sites for hydroxylation is 1. The van der Waals surface area contributed by atoms with Gasteiger partial charge in [0.25, 0.3) is 11.6 Å². The van der Waals surface area contributed by atoms with Crippen molar-refractivity contribution < 1.29 is 28.8 Å². The summed E-state index contributed by atoms with van der Waals surface area (Å²) in [4.78, 5) is 50.8. The van der Waals surface area contributed by atoms with Crippen molar-refractivity contribution in [1.82, 2.24) is 20.1 Å². The average Bonchev–Trinajstić information content (AvgIpc) is 3.63. The summed E-state index contributed by atoms with van der Waals surface area (Å²) in [5.74, 6) is -0.328. The van der Waals surface area contributed by atoms with Crippen LogP contribution in [0.4, 0.5) is 10.7 Å². The molecule has 0 saturated carbocycles. The number of non-ortho nitro benzene ring substituents is 1. The summed E-state index contributed by atoms with van der Waals surface area (Å²) in [5, 5.41) is 25.6. The number of ether oxygens (including phenoxy) is 2. The number of hydrogen-bond acceptors (Lipinski definition) is 11. The molecule has 13 nitrogen and oxygen atoms in total. The molecule has 2 heterocycles. The number of hydrogen-bond donors (Lipinski definition) is 2. The van der Waals surface area contributed by atoms with E-state index in [0.717, 1.165) is 47.9 Å². The molecule has 0 bridgehead atoms. The number of anilines is 1. The van der Waals surface area contributed by atoms with Gasteiger partial charge in [0.2, 0.25) is 5.91 Å². The molecular formula is C31H32N6O7S2. The van der Waals surface area contributed by atoms with Gasteiger partial charge in [-0.2, -0.15) is 0 Å². The second-order valence-electron chi connectivity index (χ2n) is 10.3. The fourth-order valence-electron chi connectivity index (χ4n) is 5.04. The maximum Gasteiger partial charge on any atom is 0.341 e. The van der Waals surface area contributed by atoms with E-state index in [1.165, 1.54) is 42.7 Å². The monoisotopic (exact) mass is 664 g/mol. The number of aromatic nitrogens is 3. The minimum atomic E-state index is -0.658. The van der Waals surface area contributed by atoms with Crippen molar-refractivity contribution in [3.63, 3.8) is 0 Å². The number of fused-ring (bicyclic) bond motifs is 1. The number of rotatable bonds is 12. The highest BCUT2D eigenvalue weighted by molar-refractivity contribution is 8.00. The van der Waals surface area contributed by atoms with Gasteiger partial charge in [0.15, 0.2) is 11.0 Å². The molecule has 2 aromatic carbocycles. The molecule has 0 fully saturated rings. The minimum absolute atomic E-state index is 0.0361. The van der Waals surface area contributed by atoms with Crippen molar-refractivity contribution in [2.45, 2.75) is 56.5 Å². The molecule has 0 aliphatic heterocycles. The normalized spacial score (nSPS) is 12.9. The van der Waals surface area contributed by atoms with Gasteiger partial charge in [0.05, 0.1) is 41.7 Å². The molecule has 0 saturated heterocycles. The Balaban J connectivity index is 1.38. The van der Waals surface area contributed by atoms with Crippen LogP contribution >= 0.6 is 23.1 Å². The van der Waals surface area contributed by atoms with Crippen molar-refractivity contribution in [2.24, 2.45) is 0 Å². The second-order valence-corrected chi connectivity index (χ2v) is 12.7. The van der Waals surface area contributed by atoms with E-state index in [1.54, 1.807) is 30.5 Å². The summed E-state index contributed by atoms with van der Waals surface area (Å²) in [7, 11) is 1.53. The van der Waals surface area contributed by atoms with Crippen LogP contribution in [0.3, 0.4) is 0 Å². The molecule has 2 N–H and O–H groups in total. The summed E-state index contributed by atoms with van der Waals surface area (Å²) in [6.45, 7) is 3.68. The molecule has 240 valence electrons. The van der Waals surface area contributed by atoms with Crippen LogP contribution in [0.25, 0.3) is 5.69 Å². The van der Waals surface area contributed by atoms with Gasteiger partial charge in [0.1, 0.15) is 10.8 Å². The van der Waals surface area contributed by atoms with Crippen LogP contribution in [-0.4, -0.2) is 56.4 Å². The molecule has 2 amide bonds. The first-order valence-corrected chi connectivity index (χ1v) is 16.3. The lowest BCUT2D eigenvalue weighted by atomic mass is 9.95. The first kappa shape index (κ1) is 32.6. The van der Waals surface area contributed by atoms with Crippen LogP contribution in [0.5, 0.6) is 5.75 Å². The Labute approximate surface area is 272 Å². The van der Waals surface area contributed by atoms with Gasteiger partial charge in [-0.3, -0.25) is 24.3 Å². The zero-order valence-electron chi connectivity index (χ0n) is 25.4. The van der Waals surface area contributed by atoms with E-state index >= 15 is 0 Å². The highest BCUT2D eigenvalue weighted by Crippen LogP contribution is 2.39. The van der Waals surface area contributed by atoms with E-state index in [4.69, 9.17) is 9.47 Å². The van der Waals surface area contributed by atoms with Gasteiger partial charge in [-0.25, -0.2) is 4.79 Å². The molecule has 4 aromatic rings. The molecule has 1 aliphatic rings. The number of methoxy groups -OCH3 is 1. The van der Waals surface area contributed by atoms with Gasteiger partial charge in [-0.1, -0.05) is 23.9 Å². The molecule has 46 heavy (non-hydrogen) atoms. The lowest BCUT2D eigenvalue weighted by Crippen LogP contribution is -2.25. The van der Waals surface area contributed by atoms with Gasteiger partial charge >= 0.3 is 5.97 Å². The number of thioether (sulfide) groups is 1. The van der Waals surface area contributed by atoms with Crippen LogP contribution in [0, 0.1) is 10.1 Å². The zero-order chi connectivity index (χ0) is 32.8. The topological polar surface area (TPSA) is 168 Å². The molecule has 15 heteroatoms. The minimum Gasteiger partial charge on any atom is -0.495 e. The molecule has 2 aromatic heterocycles. The lowest BCUT2D eigenvalue weighted by Gasteiger charge is -2.16. The van der Waals surface area contributed by atoms with Crippen molar-refractivity contribution in [3.8, 4) is 11.4 Å². The number of nitro groups is 1. The first-order valence-electron chi connectivity index (χ1n) is 14.6. The number of nitrogens with one attached hydrogen (secondary N) is 2. The Hall–Kier alpha value is -4.76. The number of nitro benzene ring substituents is 1. The van der Waals surface area contributed by atoms with Crippen LogP contribution in [-0.2, 0) is 28.9 Å². The second kappa shape index (κ2) is 14.6. The van der Waals surface area contributed by atoms with Crippen LogP contribution < -0.4 is 15.4 Å². The van der Waals surface area contributed by atoms with Gasteiger partial charge in [0, 0.05) is 22.6 Å². The number of carbonyl (C=O) groups excluding carboxylic acids is 3. The Morgan fingerprint density at radius 3 is 2.57 bits per heavy atom. The first-order chi connectivity index (χ1) is 22.2. The summed E-state index contributed by atoms with van der Waals surface area (Å²) < 4.78 is 12.6. The SMILES string of the molecule is CCOC(=O)c1c(NC(=O)[C@@H](C)Sc2nnc(CNC(=O)c3ccc([N+](=O)[O-])cc3)n2-c2ccccc2OC)sc2c1CCCC2. The molecule has 1 atom stereocenters. The predicted molar refractivity (Wildman–Crippen MR) is 173 cm³/mol. The third kappa shape index (κ3) is 7.05. The fourth-order valence-corrected chi connectivity index (χ4v) is 7.20. The van der Waals surface area contributed by atoms with Crippen molar-refractivity contribution >= 4 is 51.6 Å². The largest absolute Gasteiger partial charge is 0.495 e. The standard InChI is InChI=1S/C31H32N6O7S2/c1-4-44-30(40)26-21-9-5-8-12-24(21)46-29(26)33-27(38)18(2)45-31-35-34-25(36(31)22-10-6-7-11-23(22)43-3)17-32-28(39)19-13-15-20(16-14-19)37(41)42/h6-7,10-11,13-16,18H,4-5,8-9,12,17H2,1-3H3,(H,32,39)(H,33,38)/t18-/m1/s1. The molecule has 5 rings (SSSR count). The number of para-hydroxylation sites is 2. The lowest BCUT2D eigenvalue weighted by molar-refractivity contribution is -0.384. The summed E-state index contributed by atoms with van der Waals surface area (Å²) >= 11 is 2.58. The van der Waals surface area contributed by atoms with E-state index < -0.39 is 22.0 Å². The van der Waals surface area contributed by atoms with Crippen molar-refractivity contribution in [2.75, 3.05) is 19.0 Å². The number of benzene rings is 2. The van der Waals surface area contributed by atoms with Gasteiger partial charge < -0.3 is 20.1 Å². The summed E-state index contributed by atoms with van der Waals surface area (Å²) in [6, 6.07) is 12.5. The van der Waals surface area contributed by atoms with E-state index in [2.05, 4.69) is 20.8 Å². The molecule has 0 unspecified atom stereocenters. The van der Waals surface area contributed by atoms with Crippen LogP contribution in [0.1, 0.15) is 63.7 Å². The smallest absolute Gasteiger partial charge is 0.341 e. The third-order valence-corrected chi connectivity index (χ3v) is 9.56. The Bertz CT molecular complexity index is 1770. The number of amides is 2. The third-order valence-electron chi connectivity index (χ3n) is 7.31. The maximum atomic E-state index is 13.5. The highest BCUT2D eigenvalue weighted by Gasteiger charge is 2.29. The van der Waals surface area contributed by atoms with E-state index in [1.807, 2.05) is 12.1 Å². The van der Waals surface area contributed by atoms with Crippen LogP contribution in [0.15, 0.2) is 53.7 Å². The van der Waals surface area contributed by atoms with Crippen molar-refractivity contribution in [1.29, 1.82) is 0 Å². The number of carbonyl (C=O) groups is 3. The van der Waals surface area contributed by atoms with E-state index in [0.29, 0.717) is 33.0 Å². The predicted octanol–water partition coefficient (Wildman–Crippen LogP) is 5.35. The molecule has 0 radical (unpaired) electrons. The average molecular weight is 665 g/mol. The maximum absolute atomic E-state index is 13.5. The molecule has 0 spiro atoms. The Morgan fingerprint density at radius 2 is 1.85 bits per heavy atom. The van der Waals surface area contributed by atoms with E-state index in [9.17, 15) is 24.5 Å². The number of thiophene rings is 1. The molecule has 1 aliphatic carbocycles. The van der Waals surface area contributed by atoms with Crippen LogP contribution in [0.2, 0.25) is 0 Å². The molecular weight excluding hydrogens is 633 g/mol. The van der Waals surface area contributed by atoms with E-state index in [-0.39, 0.29) is 30.3 Å². The van der Waals surface area contributed by atoms with Gasteiger partial charge in [-0.15, -0.1) is 21.5 Å².